The van der Waals surface area contributed by atoms with Crippen LogP contribution in [0.15, 0.2) is 47.6 Å². The number of hydrogen-bond donors (Lipinski definition) is 0. The number of rotatable bonds is 5. The lowest BCUT2D eigenvalue weighted by atomic mass is 9.94. The summed E-state index contributed by atoms with van der Waals surface area (Å²) in [5.74, 6) is -1.59. The maximum atomic E-state index is 13.1. The highest BCUT2D eigenvalue weighted by atomic mass is 35.5. The third kappa shape index (κ3) is 3.19. The summed E-state index contributed by atoms with van der Waals surface area (Å²) in [6.45, 7) is 2.14. The smallest absolute Gasteiger partial charge is 0.278 e. The molecule has 0 N–H and O–H groups in total. The largest absolute Gasteiger partial charge is 0.381 e. The molecule has 2 unspecified atom stereocenters. The van der Waals surface area contributed by atoms with Crippen molar-refractivity contribution >= 4 is 46.4 Å². The van der Waals surface area contributed by atoms with Crippen molar-refractivity contribution in [1.82, 2.24) is 0 Å². The Morgan fingerprint density at radius 1 is 1.07 bits per heavy atom. The van der Waals surface area contributed by atoms with E-state index in [0.29, 0.717) is 27.0 Å². The number of fused-ring (bicyclic) bond motifs is 1. The predicted octanol–water partition coefficient (Wildman–Crippen LogP) is 4.63. The Bertz CT molecular complexity index is 972. The first-order valence-electron chi connectivity index (χ1n) is 9.17. The molecule has 0 aliphatic carbocycles. The number of hydrogen-bond acceptors (Lipinski definition) is 4. The maximum absolute atomic E-state index is 13.1. The van der Waals surface area contributed by atoms with E-state index in [1.54, 1.807) is 30.3 Å². The van der Waals surface area contributed by atoms with Crippen LogP contribution in [0.3, 0.4) is 0 Å². The van der Waals surface area contributed by atoms with Crippen LogP contribution >= 0.6 is 23.2 Å². The standard InChI is InChI=1S/C21H18Cl2N2O3/c1-2-3-4-12-5-8-14(9-6-12)25-20(26)17-18(24-28-19(17)21(25)27)15-10-7-13(22)11-16(15)23/h5-11,17,19H,2-4H2,1H3. The van der Waals surface area contributed by atoms with Crippen LogP contribution in [0.1, 0.15) is 30.9 Å². The highest BCUT2D eigenvalue weighted by Gasteiger charge is 2.56. The number of unbranched alkanes of at least 4 members (excludes halogenated alkanes) is 1. The Balaban J connectivity index is 1.61. The van der Waals surface area contributed by atoms with Gasteiger partial charge in [0, 0.05) is 10.6 Å². The van der Waals surface area contributed by atoms with Crippen LogP contribution < -0.4 is 4.90 Å². The Morgan fingerprint density at radius 3 is 2.50 bits per heavy atom. The third-order valence-electron chi connectivity index (χ3n) is 5.03. The van der Waals surface area contributed by atoms with Gasteiger partial charge in [0.05, 0.1) is 10.7 Å². The van der Waals surface area contributed by atoms with Gasteiger partial charge in [-0.3, -0.25) is 9.59 Å². The minimum absolute atomic E-state index is 0.354. The second-order valence-electron chi connectivity index (χ2n) is 6.89. The van der Waals surface area contributed by atoms with Gasteiger partial charge >= 0.3 is 0 Å². The number of benzene rings is 2. The second-order valence-corrected chi connectivity index (χ2v) is 7.73. The first-order chi connectivity index (χ1) is 13.5. The van der Waals surface area contributed by atoms with Crippen molar-refractivity contribution < 1.29 is 14.4 Å². The zero-order chi connectivity index (χ0) is 19.8. The molecule has 2 amide bonds. The maximum Gasteiger partial charge on any atom is 0.278 e. The Hall–Kier alpha value is -2.37. The summed E-state index contributed by atoms with van der Waals surface area (Å²) in [6, 6.07) is 12.4. The monoisotopic (exact) mass is 416 g/mol. The molecule has 4 rings (SSSR count). The molecule has 0 spiro atoms. The van der Waals surface area contributed by atoms with Crippen molar-refractivity contribution in [2.24, 2.45) is 11.1 Å². The van der Waals surface area contributed by atoms with E-state index in [9.17, 15) is 9.59 Å². The highest BCUT2D eigenvalue weighted by Crippen LogP contribution is 2.37. The van der Waals surface area contributed by atoms with Gasteiger partial charge in [-0.2, -0.15) is 0 Å². The van der Waals surface area contributed by atoms with Gasteiger partial charge in [-0.05, 0) is 42.7 Å². The molecule has 0 saturated carbocycles. The number of oxime groups is 1. The number of anilines is 1. The molecule has 2 aliphatic rings. The van der Waals surface area contributed by atoms with Crippen LogP contribution in [0.5, 0.6) is 0 Å². The van der Waals surface area contributed by atoms with Crippen molar-refractivity contribution in [3.8, 4) is 0 Å². The van der Waals surface area contributed by atoms with Crippen LogP contribution in [0.2, 0.25) is 10.0 Å². The van der Waals surface area contributed by atoms with Gasteiger partial charge in [-0.25, -0.2) is 4.90 Å². The van der Waals surface area contributed by atoms with E-state index in [4.69, 9.17) is 28.0 Å². The molecule has 1 fully saturated rings. The van der Waals surface area contributed by atoms with Crippen molar-refractivity contribution in [1.29, 1.82) is 0 Å². The molecule has 5 nitrogen and oxygen atoms in total. The van der Waals surface area contributed by atoms with Crippen LogP contribution in [-0.4, -0.2) is 23.6 Å². The minimum atomic E-state index is -0.964. The van der Waals surface area contributed by atoms with Gasteiger partial charge in [0.1, 0.15) is 11.6 Å². The van der Waals surface area contributed by atoms with E-state index >= 15 is 0 Å². The van der Waals surface area contributed by atoms with E-state index in [2.05, 4.69) is 12.1 Å². The summed E-state index contributed by atoms with van der Waals surface area (Å²) in [5, 5.41) is 4.81. The van der Waals surface area contributed by atoms with Crippen LogP contribution in [0, 0.1) is 5.92 Å². The fourth-order valence-corrected chi connectivity index (χ4v) is 4.05. The highest BCUT2D eigenvalue weighted by molar-refractivity contribution is 6.39. The zero-order valence-electron chi connectivity index (χ0n) is 15.2. The fraction of sp³-hybridized carbons (Fsp3) is 0.286. The van der Waals surface area contributed by atoms with Crippen molar-refractivity contribution in [2.45, 2.75) is 32.3 Å². The molecular formula is C21H18Cl2N2O3. The zero-order valence-corrected chi connectivity index (χ0v) is 16.7. The summed E-state index contributed by atoms with van der Waals surface area (Å²) in [4.78, 5) is 32.4. The van der Waals surface area contributed by atoms with Crippen molar-refractivity contribution in [3.63, 3.8) is 0 Å². The van der Waals surface area contributed by atoms with E-state index in [-0.39, 0.29) is 5.91 Å². The quantitative estimate of drug-likeness (QED) is 0.667. The average Bonchev–Trinajstić information content (AvgIpc) is 3.21. The molecule has 28 heavy (non-hydrogen) atoms. The molecule has 2 aromatic rings. The van der Waals surface area contributed by atoms with Gasteiger partial charge in [0.2, 0.25) is 12.0 Å². The molecule has 2 atom stereocenters. The molecule has 144 valence electrons. The van der Waals surface area contributed by atoms with Gasteiger partial charge in [-0.1, -0.05) is 59.9 Å². The van der Waals surface area contributed by atoms with Gasteiger partial charge < -0.3 is 4.84 Å². The molecule has 0 radical (unpaired) electrons. The number of halogens is 2. The normalized spacial score (nSPS) is 21.0. The van der Waals surface area contributed by atoms with E-state index < -0.39 is 17.9 Å². The number of amides is 2. The molecule has 1 saturated heterocycles. The summed E-state index contributed by atoms with van der Waals surface area (Å²) in [7, 11) is 0. The van der Waals surface area contributed by atoms with Gasteiger partial charge in [0.15, 0.2) is 0 Å². The Morgan fingerprint density at radius 2 is 1.82 bits per heavy atom. The van der Waals surface area contributed by atoms with E-state index in [0.717, 1.165) is 19.3 Å². The van der Waals surface area contributed by atoms with E-state index in [1.807, 2.05) is 12.1 Å². The topological polar surface area (TPSA) is 59.0 Å². The number of imide groups is 1. The minimum Gasteiger partial charge on any atom is -0.381 e. The molecule has 2 heterocycles. The second kappa shape index (κ2) is 7.57. The number of carbonyl (C=O) groups is 2. The summed E-state index contributed by atoms with van der Waals surface area (Å²) in [5.41, 5.74) is 2.61. The number of aryl methyl sites for hydroxylation is 1. The molecule has 7 heteroatoms. The lowest BCUT2D eigenvalue weighted by Gasteiger charge is -2.16. The third-order valence-corrected chi connectivity index (χ3v) is 5.58. The lowest BCUT2D eigenvalue weighted by molar-refractivity contribution is -0.126. The summed E-state index contributed by atoms with van der Waals surface area (Å²) >= 11 is 12.2. The SMILES string of the molecule is CCCCc1ccc(N2C(=O)C3ON=C(c4ccc(Cl)cc4Cl)C3C2=O)cc1. The first kappa shape index (κ1) is 19.0. The molecule has 0 aromatic heterocycles. The molecule has 2 aromatic carbocycles. The summed E-state index contributed by atoms with van der Waals surface area (Å²) in [6.07, 6.45) is 2.22. The summed E-state index contributed by atoms with van der Waals surface area (Å²) < 4.78 is 0. The molecule has 0 bridgehead atoms. The van der Waals surface area contributed by atoms with Crippen LogP contribution in [-0.2, 0) is 20.8 Å². The van der Waals surface area contributed by atoms with Gasteiger partial charge in [-0.15, -0.1) is 0 Å². The van der Waals surface area contributed by atoms with Crippen LogP contribution in [0.4, 0.5) is 5.69 Å². The van der Waals surface area contributed by atoms with Gasteiger partial charge in [0.25, 0.3) is 5.91 Å². The Labute approximate surface area is 172 Å². The fourth-order valence-electron chi connectivity index (χ4n) is 3.54. The van der Waals surface area contributed by atoms with Crippen molar-refractivity contribution in [2.75, 3.05) is 4.90 Å². The van der Waals surface area contributed by atoms with Crippen LogP contribution in [0.25, 0.3) is 0 Å². The average molecular weight is 417 g/mol. The van der Waals surface area contributed by atoms with E-state index in [1.165, 1.54) is 10.5 Å². The molecule has 2 aliphatic heterocycles. The lowest BCUT2D eigenvalue weighted by Crippen LogP contribution is -2.33. The van der Waals surface area contributed by atoms with Crippen molar-refractivity contribution in [3.05, 3.63) is 63.6 Å². The number of nitrogens with zero attached hydrogens (tertiary/aromatic N) is 2. The molecular weight excluding hydrogens is 399 g/mol. The number of carbonyl (C=O) groups excluding carboxylic acids is 2. The Kier molecular flexibility index (Phi) is 5.13. The first-order valence-corrected chi connectivity index (χ1v) is 9.92. The predicted molar refractivity (Wildman–Crippen MR) is 109 cm³/mol.